The fourth-order valence-corrected chi connectivity index (χ4v) is 5.12. The molecule has 0 N–H and O–H groups in total. The lowest BCUT2D eigenvalue weighted by Gasteiger charge is -2.27. The third-order valence-corrected chi connectivity index (χ3v) is 7.11. The number of fused-ring (bicyclic) bond motifs is 1. The van der Waals surface area contributed by atoms with E-state index in [1.54, 1.807) is 0 Å². The van der Waals surface area contributed by atoms with Crippen LogP contribution < -0.4 is 4.57 Å². The summed E-state index contributed by atoms with van der Waals surface area (Å²) in [5.41, 5.74) is 8.94. The van der Waals surface area contributed by atoms with E-state index in [0.717, 1.165) is 65.9 Å². The van der Waals surface area contributed by atoms with Crippen molar-refractivity contribution in [1.29, 1.82) is 0 Å². The lowest BCUT2D eigenvalue weighted by atomic mass is 9.81. The number of aryl methyl sites for hydroxylation is 1. The average molecular weight is 502 g/mol. The highest BCUT2D eigenvalue weighted by Gasteiger charge is 2.26. The van der Waals surface area contributed by atoms with Crippen molar-refractivity contribution in [2.24, 2.45) is 7.05 Å². The molecule has 0 amide bonds. The Hall–Kier alpha value is -2.99. The Kier molecular flexibility index (Phi) is 6.73. The zero-order valence-corrected chi connectivity index (χ0v) is 22.3. The number of aromatic nitrogens is 3. The summed E-state index contributed by atoms with van der Waals surface area (Å²) >= 11 is 6.20. The lowest BCUT2D eigenvalue weighted by Crippen LogP contribution is -2.36. The number of hydrogen-bond acceptors (Lipinski definition) is 3. The molecule has 4 aromatic rings. The van der Waals surface area contributed by atoms with Gasteiger partial charge in [-0.2, -0.15) is 0 Å². The van der Waals surface area contributed by atoms with Crippen molar-refractivity contribution >= 4 is 23.3 Å². The Labute approximate surface area is 218 Å². The number of imidazole rings is 1. The highest BCUT2D eigenvalue weighted by molar-refractivity contribution is 6.30. The smallest absolute Gasteiger partial charge is 0.176 e. The van der Waals surface area contributed by atoms with Gasteiger partial charge in [0.05, 0.1) is 24.6 Å². The minimum absolute atomic E-state index is 0.0267. The van der Waals surface area contributed by atoms with Gasteiger partial charge in [-0.1, -0.05) is 57.2 Å². The largest absolute Gasteiger partial charge is 0.379 e. The van der Waals surface area contributed by atoms with E-state index in [1.807, 2.05) is 18.2 Å². The van der Waals surface area contributed by atoms with Crippen LogP contribution in [0.4, 0.5) is 0 Å². The van der Waals surface area contributed by atoms with Crippen LogP contribution in [0.15, 0.2) is 61.6 Å². The molecule has 0 saturated carbocycles. The molecule has 1 fully saturated rings. The van der Waals surface area contributed by atoms with Crippen LogP contribution in [0.1, 0.15) is 37.6 Å². The average Bonchev–Trinajstić information content (AvgIpc) is 3.21. The molecule has 1 aliphatic rings. The van der Waals surface area contributed by atoms with Crippen LogP contribution in [0.3, 0.4) is 0 Å². The van der Waals surface area contributed by atoms with Crippen molar-refractivity contribution < 1.29 is 9.30 Å². The number of ether oxygens (including phenoxy) is 1. The first-order valence-electron chi connectivity index (χ1n) is 12.5. The Morgan fingerprint density at radius 3 is 2.42 bits per heavy atom. The molecular formula is C30H34ClN4O+. The summed E-state index contributed by atoms with van der Waals surface area (Å²) in [6, 6.07) is 12.3. The zero-order chi connectivity index (χ0) is 25.4. The van der Waals surface area contributed by atoms with Gasteiger partial charge in [-0.15, -0.1) is 0 Å². The SMILES string of the molecule is C=Cc1c[n+](C)cc(C(C)(C)C)c1-c1ccc2nc(-c3ccc(Cl)cc3)c(CN3CCOCC3)n2c1. The first-order valence-corrected chi connectivity index (χ1v) is 12.9. The second kappa shape index (κ2) is 9.81. The first-order chi connectivity index (χ1) is 17.2. The number of hydrogen-bond donors (Lipinski definition) is 0. The third-order valence-electron chi connectivity index (χ3n) is 6.86. The molecule has 1 aliphatic heterocycles. The van der Waals surface area contributed by atoms with Crippen molar-refractivity contribution in [3.63, 3.8) is 0 Å². The minimum Gasteiger partial charge on any atom is -0.379 e. The van der Waals surface area contributed by atoms with Gasteiger partial charge in [-0.3, -0.25) is 4.90 Å². The normalized spacial score (nSPS) is 14.9. The van der Waals surface area contributed by atoms with Gasteiger partial charge in [0.1, 0.15) is 12.7 Å². The standard InChI is InChI=1S/C30H34ClN4O/c1-6-21-17-33(5)19-25(30(2,3)4)28(21)23-9-12-27-32-29(22-7-10-24(31)11-8-22)26(35(27)18-23)20-34-13-15-36-16-14-34/h6-12,17-19H,1,13-16,20H2,2-5H3/q+1. The summed E-state index contributed by atoms with van der Waals surface area (Å²) in [5.74, 6) is 0. The van der Waals surface area contributed by atoms with E-state index in [2.05, 4.69) is 91.1 Å². The summed E-state index contributed by atoms with van der Waals surface area (Å²) in [5, 5.41) is 0.725. The minimum atomic E-state index is -0.0267. The number of rotatable bonds is 5. The van der Waals surface area contributed by atoms with E-state index >= 15 is 0 Å². The molecule has 0 aliphatic carbocycles. The summed E-state index contributed by atoms with van der Waals surface area (Å²) in [6.45, 7) is 15.1. The second-order valence-electron chi connectivity index (χ2n) is 10.6. The molecule has 1 aromatic carbocycles. The first kappa shape index (κ1) is 24.7. The molecule has 6 heteroatoms. The molecule has 5 rings (SSSR count). The Morgan fingerprint density at radius 2 is 1.75 bits per heavy atom. The molecule has 5 nitrogen and oxygen atoms in total. The lowest BCUT2D eigenvalue weighted by molar-refractivity contribution is -0.672. The molecule has 4 heterocycles. The third kappa shape index (κ3) is 4.83. The molecular weight excluding hydrogens is 468 g/mol. The predicted molar refractivity (Wildman–Crippen MR) is 147 cm³/mol. The maximum atomic E-state index is 6.20. The maximum absolute atomic E-state index is 6.20. The predicted octanol–water partition coefficient (Wildman–Crippen LogP) is 5.92. The summed E-state index contributed by atoms with van der Waals surface area (Å²) in [4.78, 5) is 7.52. The molecule has 0 spiro atoms. The maximum Gasteiger partial charge on any atom is 0.176 e. The molecule has 0 radical (unpaired) electrons. The number of benzene rings is 1. The van der Waals surface area contributed by atoms with Gasteiger partial charge in [0.15, 0.2) is 12.4 Å². The molecule has 3 aromatic heterocycles. The summed E-state index contributed by atoms with van der Waals surface area (Å²) in [7, 11) is 2.07. The molecule has 186 valence electrons. The fourth-order valence-electron chi connectivity index (χ4n) is 4.99. The van der Waals surface area contributed by atoms with Crippen molar-refractivity contribution in [3.8, 4) is 22.4 Å². The van der Waals surface area contributed by atoms with Gasteiger partial charge >= 0.3 is 0 Å². The number of halogens is 1. The summed E-state index contributed by atoms with van der Waals surface area (Å²) in [6.07, 6.45) is 8.57. The van der Waals surface area contributed by atoms with E-state index in [4.69, 9.17) is 21.3 Å². The van der Waals surface area contributed by atoms with Crippen LogP contribution in [0.25, 0.3) is 34.1 Å². The van der Waals surface area contributed by atoms with Crippen molar-refractivity contribution in [2.75, 3.05) is 26.3 Å². The highest BCUT2D eigenvalue weighted by atomic mass is 35.5. The number of pyridine rings is 2. The van der Waals surface area contributed by atoms with E-state index in [-0.39, 0.29) is 5.41 Å². The van der Waals surface area contributed by atoms with Gasteiger partial charge in [0, 0.05) is 53.1 Å². The van der Waals surface area contributed by atoms with Crippen LogP contribution in [0, 0.1) is 0 Å². The molecule has 1 saturated heterocycles. The summed E-state index contributed by atoms with van der Waals surface area (Å²) < 4.78 is 9.99. The van der Waals surface area contributed by atoms with Crippen LogP contribution in [-0.4, -0.2) is 40.6 Å². The van der Waals surface area contributed by atoms with Crippen LogP contribution in [0.5, 0.6) is 0 Å². The van der Waals surface area contributed by atoms with Crippen LogP contribution in [-0.2, 0) is 23.7 Å². The molecule has 0 atom stereocenters. The van der Waals surface area contributed by atoms with E-state index in [0.29, 0.717) is 0 Å². The van der Waals surface area contributed by atoms with Gasteiger partial charge in [-0.25, -0.2) is 9.55 Å². The monoisotopic (exact) mass is 501 g/mol. The highest BCUT2D eigenvalue weighted by Crippen LogP contribution is 2.36. The molecule has 36 heavy (non-hydrogen) atoms. The van der Waals surface area contributed by atoms with Crippen molar-refractivity contribution in [1.82, 2.24) is 14.3 Å². The second-order valence-corrected chi connectivity index (χ2v) is 11.0. The van der Waals surface area contributed by atoms with E-state index in [1.165, 1.54) is 16.8 Å². The van der Waals surface area contributed by atoms with Crippen LogP contribution >= 0.6 is 11.6 Å². The topological polar surface area (TPSA) is 33.6 Å². The van der Waals surface area contributed by atoms with E-state index in [9.17, 15) is 0 Å². The van der Waals surface area contributed by atoms with Gasteiger partial charge in [0.25, 0.3) is 0 Å². The quantitative estimate of drug-likeness (QED) is 0.318. The number of nitrogens with zero attached hydrogens (tertiary/aromatic N) is 4. The van der Waals surface area contributed by atoms with Gasteiger partial charge in [0.2, 0.25) is 0 Å². The Balaban J connectivity index is 1.72. The Bertz CT molecular complexity index is 1410. The Morgan fingerprint density at radius 1 is 1.06 bits per heavy atom. The van der Waals surface area contributed by atoms with Crippen LogP contribution in [0.2, 0.25) is 5.02 Å². The van der Waals surface area contributed by atoms with Gasteiger partial charge < -0.3 is 9.14 Å². The van der Waals surface area contributed by atoms with Crippen molar-refractivity contribution in [2.45, 2.75) is 32.7 Å². The fraction of sp³-hybridized carbons (Fsp3) is 0.333. The molecule has 0 bridgehead atoms. The molecule has 0 unspecified atom stereocenters. The van der Waals surface area contributed by atoms with Crippen molar-refractivity contribution in [3.05, 3.63) is 83.4 Å². The zero-order valence-electron chi connectivity index (χ0n) is 21.6. The van der Waals surface area contributed by atoms with E-state index < -0.39 is 0 Å². The number of morpholine rings is 1. The van der Waals surface area contributed by atoms with Gasteiger partial charge in [-0.05, 0) is 35.2 Å².